The maximum Gasteiger partial charge on any atom is 0.119 e. The van der Waals surface area contributed by atoms with Crippen molar-refractivity contribution in [2.45, 2.75) is 32.9 Å². The van der Waals surface area contributed by atoms with Gasteiger partial charge < -0.3 is 4.74 Å². The number of aromatic nitrogens is 2. The number of hydrazine groups is 1. The highest BCUT2D eigenvalue weighted by molar-refractivity contribution is 6.31. The van der Waals surface area contributed by atoms with Crippen LogP contribution >= 0.6 is 11.6 Å². The SMILES string of the molecule is CCOc1ccc(C(NN)c2c(Cl)cnn2C(C)C)cc1. The Bertz CT molecular complexity index is 580. The Balaban J connectivity index is 2.37. The standard InChI is InChI=1S/C15H21ClN4O/c1-4-21-12-7-5-11(6-8-12)14(19-17)15-13(16)9-18-20(15)10(2)3/h5-10,14,19H,4,17H2,1-3H3. The van der Waals surface area contributed by atoms with Gasteiger partial charge in [0.05, 0.1) is 29.6 Å². The molecule has 1 heterocycles. The summed E-state index contributed by atoms with van der Waals surface area (Å²) in [5.41, 5.74) is 4.69. The second-order valence-electron chi connectivity index (χ2n) is 5.02. The molecule has 0 bridgehead atoms. The zero-order valence-electron chi connectivity index (χ0n) is 12.5. The molecular formula is C15H21ClN4O. The first-order valence-corrected chi connectivity index (χ1v) is 7.38. The van der Waals surface area contributed by atoms with Crippen LogP contribution in [0.15, 0.2) is 30.5 Å². The van der Waals surface area contributed by atoms with Crippen molar-refractivity contribution in [2.24, 2.45) is 5.84 Å². The number of nitrogens with zero attached hydrogens (tertiary/aromatic N) is 2. The van der Waals surface area contributed by atoms with Crippen LogP contribution in [0.3, 0.4) is 0 Å². The largest absolute Gasteiger partial charge is 0.494 e. The van der Waals surface area contributed by atoms with E-state index < -0.39 is 0 Å². The summed E-state index contributed by atoms with van der Waals surface area (Å²) in [4.78, 5) is 0. The van der Waals surface area contributed by atoms with Gasteiger partial charge in [0.15, 0.2) is 0 Å². The molecule has 2 rings (SSSR count). The lowest BCUT2D eigenvalue weighted by atomic mass is 10.0. The number of hydrogen-bond donors (Lipinski definition) is 2. The lowest BCUT2D eigenvalue weighted by molar-refractivity contribution is 0.340. The quantitative estimate of drug-likeness (QED) is 0.636. The smallest absolute Gasteiger partial charge is 0.119 e. The number of hydrogen-bond acceptors (Lipinski definition) is 4. The first-order valence-electron chi connectivity index (χ1n) is 7.00. The summed E-state index contributed by atoms with van der Waals surface area (Å²) < 4.78 is 7.33. The van der Waals surface area contributed by atoms with Crippen molar-refractivity contribution in [1.82, 2.24) is 15.2 Å². The molecule has 1 unspecified atom stereocenters. The van der Waals surface area contributed by atoms with Gasteiger partial charge in [0.2, 0.25) is 0 Å². The third kappa shape index (κ3) is 3.37. The molecule has 3 N–H and O–H groups in total. The zero-order chi connectivity index (χ0) is 15.4. The zero-order valence-corrected chi connectivity index (χ0v) is 13.3. The van der Waals surface area contributed by atoms with Crippen molar-refractivity contribution in [3.63, 3.8) is 0 Å². The van der Waals surface area contributed by atoms with E-state index in [0.717, 1.165) is 17.0 Å². The van der Waals surface area contributed by atoms with Crippen molar-refractivity contribution >= 4 is 11.6 Å². The molecule has 1 aromatic heterocycles. The number of nitrogens with two attached hydrogens (primary N) is 1. The molecule has 0 radical (unpaired) electrons. The van der Waals surface area contributed by atoms with Gasteiger partial charge >= 0.3 is 0 Å². The van der Waals surface area contributed by atoms with Gasteiger partial charge in [0.25, 0.3) is 0 Å². The van der Waals surface area contributed by atoms with Gasteiger partial charge in [-0.15, -0.1) is 0 Å². The minimum atomic E-state index is -0.224. The lowest BCUT2D eigenvalue weighted by Crippen LogP contribution is -2.31. The van der Waals surface area contributed by atoms with Crippen LogP contribution in [-0.4, -0.2) is 16.4 Å². The van der Waals surface area contributed by atoms with Crippen LogP contribution in [0.5, 0.6) is 5.75 Å². The van der Waals surface area contributed by atoms with E-state index in [1.54, 1.807) is 6.20 Å². The molecule has 2 aromatic rings. The summed E-state index contributed by atoms with van der Waals surface area (Å²) in [6, 6.07) is 7.78. The Labute approximate surface area is 130 Å². The third-order valence-electron chi connectivity index (χ3n) is 3.24. The van der Waals surface area contributed by atoms with E-state index in [2.05, 4.69) is 24.4 Å². The highest BCUT2D eigenvalue weighted by atomic mass is 35.5. The van der Waals surface area contributed by atoms with Crippen molar-refractivity contribution in [3.05, 3.63) is 46.7 Å². The van der Waals surface area contributed by atoms with E-state index in [4.69, 9.17) is 22.2 Å². The molecule has 0 aliphatic rings. The van der Waals surface area contributed by atoms with E-state index >= 15 is 0 Å². The third-order valence-corrected chi connectivity index (χ3v) is 3.53. The summed E-state index contributed by atoms with van der Waals surface area (Å²) in [7, 11) is 0. The van der Waals surface area contributed by atoms with Gasteiger partial charge in [-0.2, -0.15) is 5.10 Å². The molecule has 1 atom stereocenters. The van der Waals surface area contributed by atoms with Gasteiger partial charge in [-0.3, -0.25) is 10.5 Å². The molecule has 0 spiro atoms. The Morgan fingerprint density at radius 2 is 2.00 bits per heavy atom. The van der Waals surface area contributed by atoms with Gasteiger partial charge in [-0.25, -0.2) is 5.43 Å². The monoisotopic (exact) mass is 308 g/mol. The highest BCUT2D eigenvalue weighted by Gasteiger charge is 2.22. The van der Waals surface area contributed by atoms with Crippen LogP contribution < -0.4 is 16.0 Å². The second kappa shape index (κ2) is 6.93. The minimum Gasteiger partial charge on any atom is -0.494 e. The van der Waals surface area contributed by atoms with Crippen molar-refractivity contribution in [2.75, 3.05) is 6.61 Å². The molecule has 0 saturated heterocycles. The number of halogens is 1. The van der Waals surface area contributed by atoms with Crippen LogP contribution in [-0.2, 0) is 0 Å². The first kappa shape index (κ1) is 15.8. The summed E-state index contributed by atoms with van der Waals surface area (Å²) in [5, 5.41) is 4.92. The van der Waals surface area contributed by atoms with Crippen LogP contribution in [0.1, 0.15) is 44.1 Å². The van der Waals surface area contributed by atoms with Gasteiger partial charge in [-0.05, 0) is 38.5 Å². The van der Waals surface area contributed by atoms with Crippen LogP contribution in [0.25, 0.3) is 0 Å². The Kier molecular flexibility index (Phi) is 5.22. The number of rotatable bonds is 6. The van der Waals surface area contributed by atoms with Crippen LogP contribution in [0, 0.1) is 0 Å². The van der Waals surface area contributed by atoms with E-state index in [0.29, 0.717) is 11.6 Å². The van der Waals surface area contributed by atoms with Gasteiger partial charge in [0, 0.05) is 6.04 Å². The maximum absolute atomic E-state index is 6.29. The van der Waals surface area contributed by atoms with Gasteiger partial charge in [-0.1, -0.05) is 23.7 Å². The van der Waals surface area contributed by atoms with E-state index in [-0.39, 0.29) is 12.1 Å². The lowest BCUT2D eigenvalue weighted by Gasteiger charge is -2.21. The van der Waals surface area contributed by atoms with Crippen LogP contribution in [0.2, 0.25) is 5.02 Å². The molecule has 114 valence electrons. The molecule has 1 aromatic carbocycles. The van der Waals surface area contributed by atoms with E-state index in [1.165, 1.54) is 0 Å². The summed E-state index contributed by atoms with van der Waals surface area (Å²) in [5.74, 6) is 6.58. The minimum absolute atomic E-state index is 0.200. The second-order valence-corrected chi connectivity index (χ2v) is 5.42. The molecule has 0 saturated carbocycles. The fourth-order valence-corrected chi connectivity index (χ4v) is 2.53. The van der Waals surface area contributed by atoms with Crippen molar-refractivity contribution in [1.29, 1.82) is 0 Å². The summed E-state index contributed by atoms with van der Waals surface area (Å²) in [6.07, 6.45) is 1.65. The molecule has 0 aliphatic heterocycles. The van der Waals surface area contributed by atoms with Gasteiger partial charge in [0.1, 0.15) is 5.75 Å². The average Bonchev–Trinajstić information content (AvgIpc) is 2.84. The molecular weight excluding hydrogens is 288 g/mol. The van der Waals surface area contributed by atoms with Crippen molar-refractivity contribution in [3.8, 4) is 5.75 Å². The molecule has 21 heavy (non-hydrogen) atoms. The fraction of sp³-hybridized carbons (Fsp3) is 0.400. The number of ether oxygens (including phenoxy) is 1. The number of benzene rings is 1. The van der Waals surface area contributed by atoms with Crippen molar-refractivity contribution < 1.29 is 4.74 Å². The van der Waals surface area contributed by atoms with Crippen LogP contribution in [0.4, 0.5) is 0 Å². The predicted octanol–water partition coefficient (Wildman–Crippen LogP) is 3.07. The summed E-state index contributed by atoms with van der Waals surface area (Å²) in [6.45, 7) is 6.71. The first-order chi connectivity index (χ1) is 10.1. The molecule has 0 fully saturated rings. The molecule has 0 aliphatic carbocycles. The fourth-order valence-electron chi connectivity index (χ4n) is 2.29. The van der Waals surface area contributed by atoms with E-state index in [9.17, 15) is 0 Å². The Hall–Kier alpha value is -1.56. The molecule has 5 nitrogen and oxygen atoms in total. The number of nitrogens with one attached hydrogen (secondary N) is 1. The predicted molar refractivity (Wildman–Crippen MR) is 84.4 cm³/mol. The maximum atomic E-state index is 6.29. The topological polar surface area (TPSA) is 65.1 Å². The molecule has 0 amide bonds. The molecule has 6 heteroatoms. The summed E-state index contributed by atoms with van der Waals surface area (Å²) >= 11 is 6.29. The van der Waals surface area contributed by atoms with E-state index in [1.807, 2.05) is 35.9 Å². The Morgan fingerprint density at radius 3 is 2.52 bits per heavy atom. The highest BCUT2D eigenvalue weighted by Crippen LogP contribution is 2.30. The normalized spacial score (nSPS) is 12.7. The average molecular weight is 309 g/mol. The Morgan fingerprint density at radius 1 is 1.33 bits per heavy atom.